The van der Waals surface area contributed by atoms with Crippen LogP contribution in [-0.2, 0) is 4.79 Å². The van der Waals surface area contributed by atoms with Gasteiger partial charge in [0.05, 0.1) is 12.1 Å². The van der Waals surface area contributed by atoms with Gasteiger partial charge < -0.3 is 15.7 Å². The van der Waals surface area contributed by atoms with Crippen LogP contribution in [0.3, 0.4) is 0 Å². The molecule has 3 N–H and O–H groups in total. The lowest BCUT2D eigenvalue weighted by Crippen LogP contribution is -2.57. The molecule has 1 fully saturated rings. The summed E-state index contributed by atoms with van der Waals surface area (Å²) < 4.78 is 0. The number of β-amino-alcohol motifs (C(OH)–C–C–N with tert-alkyl or cyclic N) is 1. The second kappa shape index (κ2) is 4.58. The molecule has 13 heavy (non-hydrogen) atoms. The highest BCUT2D eigenvalue weighted by atomic mass is 16.3. The quantitative estimate of drug-likeness (QED) is 0.634. The molecule has 0 aliphatic carbocycles. The van der Waals surface area contributed by atoms with Gasteiger partial charge in [-0.3, -0.25) is 4.79 Å². The fourth-order valence-corrected chi connectivity index (χ4v) is 1.42. The summed E-state index contributed by atoms with van der Waals surface area (Å²) in [6, 6.07) is -0.368. The molecule has 0 saturated carbocycles. The fourth-order valence-electron chi connectivity index (χ4n) is 1.42. The minimum absolute atomic E-state index is 0.0150. The number of hydrogen-bond donors (Lipinski definition) is 2. The van der Waals surface area contributed by atoms with Crippen molar-refractivity contribution in [2.24, 2.45) is 5.73 Å². The molecule has 0 bridgehead atoms. The topological polar surface area (TPSA) is 66.6 Å². The van der Waals surface area contributed by atoms with Crippen LogP contribution < -0.4 is 5.73 Å². The molecule has 1 amide bonds. The number of amides is 1. The largest absolute Gasteiger partial charge is 0.389 e. The van der Waals surface area contributed by atoms with Gasteiger partial charge in [0.1, 0.15) is 0 Å². The first kappa shape index (κ1) is 10.5. The molecule has 1 heterocycles. The third kappa shape index (κ3) is 2.67. The second-order valence-electron chi connectivity index (χ2n) is 3.65. The maximum Gasteiger partial charge on any atom is 0.239 e. The van der Waals surface area contributed by atoms with E-state index in [9.17, 15) is 4.79 Å². The third-order valence-electron chi connectivity index (χ3n) is 2.36. The van der Waals surface area contributed by atoms with Crippen LogP contribution in [0.25, 0.3) is 0 Å². The SMILES string of the molecule is CCCC[C@H](N)C(=O)N1CC(O)C1. The Labute approximate surface area is 78.7 Å². The van der Waals surface area contributed by atoms with Crippen molar-refractivity contribution in [3.05, 3.63) is 0 Å². The molecule has 1 saturated heterocycles. The van der Waals surface area contributed by atoms with E-state index in [0.29, 0.717) is 13.1 Å². The highest BCUT2D eigenvalue weighted by molar-refractivity contribution is 5.82. The molecule has 76 valence electrons. The Morgan fingerprint density at radius 2 is 2.31 bits per heavy atom. The van der Waals surface area contributed by atoms with E-state index in [1.807, 2.05) is 0 Å². The van der Waals surface area contributed by atoms with Crippen LogP contribution in [0, 0.1) is 0 Å². The van der Waals surface area contributed by atoms with Gasteiger partial charge in [0.25, 0.3) is 0 Å². The van der Waals surface area contributed by atoms with Gasteiger partial charge in [0.2, 0.25) is 5.91 Å². The fraction of sp³-hybridized carbons (Fsp3) is 0.889. The lowest BCUT2D eigenvalue weighted by Gasteiger charge is -2.37. The van der Waals surface area contributed by atoms with E-state index in [2.05, 4.69) is 6.92 Å². The Hall–Kier alpha value is -0.610. The zero-order valence-corrected chi connectivity index (χ0v) is 8.07. The molecule has 0 aromatic carbocycles. The molecule has 4 nitrogen and oxygen atoms in total. The summed E-state index contributed by atoms with van der Waals surface area (Å²) in [4.78, 5) is 13.1. The van der Waals surface area contributed by atoms with Crippen LogP contribution in [-0.4, -0.2) is 41.1 Å². The minimum atomic E-state index is -0.368. The Bertz CT molecular complexity index is 178. The summed E-state index contributed by atoms with van der Waals surface area (Å²) in [5, 5.41) is 8.99. The van der Waals surface area contributed by atoms with Gasteiger partial charge in [-0.15, -0.1) is 0 Å². The van der Waals surface area contributed by atoms with Crippen LogP contribution in [0.1, 0.15) is 26.2 Å². The van der Waals surface area contributed by atoms with Gasteiger partial charge >= 0.3 is 0 Å². The second-order valence-corrected chi connectivity index (χ2v) is 3.65. The van der Waals surface area contributed by atoms with Gasteiger partial charge in [-0.2, -0.15) is 0 Å². The van der Waals surface area contributed by atoms with E-state index in [0.717, 1.165) is 19.3 Å². The first-order valence-corrected chi connectivity index (χ1v) is 4.87. The van der Waals surface area contributed by atoms with Gasteiger partial charge in [0, 0.05) is 13.1 Å². The average Bonchev–Trinajstić information content (AvgIpc) is 2.07. The standard InChI is InChI=1S/C9H18N2O2/c1-2-3-4-8(10)9(13)11-5-7(12)6-11/h7-8,12H,2-6,10H2,1H3/t8-/m0/s1. The molecule has 0 aromatic heterocycles. The monoisotopic (exact) mass is 186 g/mol. The number of aliphatic hydroxyl groups excluding tert-OH is 1. The van der Waals surface area contributed by atoms with E-state index >= 15 is 0 Å². The molecular formula is C9H18N2O2. The number of hydrogen-bond acceptors (Lipinski definition) is 3. The maximum absolute atomic E-state index is 11.5. The number of carbonyl (C=O) groups excluding carboxylic acids is 1. The Balaban J connectivity index is 2.22. The molecule has 0 unspecified atom stereocenters. The number of likely N-dealkylation sites (tertiary alicyclic amines) is 1. The maximum atomic E-state index is 11.5. The smallest absolute Gasteiger partial charge is 0.239 e. The highest BCUT2D eigenvalue weighted by Crippen LogP contribution is 2.10. The van der Waals surface area contributed by atoms with Crippen LogP contribution in [0.4, 0.5) is 0 Å². The molecule has 0 spiro atoms. The van der Waals surface area contributed by atoms with Gasteiger partial charge in [-0.05, 0) is 6.42 Å². The zero-order valence-electron chi connectivity index (χ0n) is 8.07. The van der Waals surface area contributed by atoms with E-state index in [1.54, 1.807) is 4.90 Å². The highest BCUT2D eigenvalue weighted by Gasteiger charge is 2.31. The van der Waals surface area contributed by atoms with Gasteiger partial charge in [-0.25, -0.2) is 0 Å². The first-order chi connectivity index (χ1) is 6.15. The summed E-state index contributed by atoms with van der Waals surface area (Å²) in [6.07, 6.45) is 2.47. The molecule has 0 aromatic rings. The Morgan fingerprint density at radius 1 is 1.69 bits per heavy atom. The van der Waals surface area contributed by atoms with E-state index in [-0.39, 0.29) is 18.1 Å². The zero-order chi connectivity index (χ0) is 9.84. The average molecular weight is 186 g/mol. The van der Waals surface area contributed by atoms with Crippen LogP contribution in [0.15, 0.2) is 0 Å². The normalized spacial score (nSPS) is 19.8. The van der Waals surface area contributed by atoms with E-state index in [1.165, 1.54) is 0 Å². The molecule has 1 aliphatic rings. The molecule has 0 radical (unpaired) electrons. The predicted molar refractivity (Wildman–Crippen MR) is 50.1 cm³/mol. The van der Waals surface area contributed by atoms with Crippen molar-refractivity contribution in [2.45, 2.75) is 38.3 Å². The number of unbranched alkanes of at least 4 members (excludes halogenated alkanes) is 1. The Morgan fingerprint density at radius 3 is 2.77 bits per heavy atom. The first-order valence-electron chi connectivity index (χ1n) is 4.87. The van der Waals surface area contributed by atoms with Crippen LogP contribution in [0.2, 0.25) is 0 Å². The minimum Gasteiger partial charge on any atom is -0.389 e. The number of nitrogens with zero attached hydrogens (tertiary/aromatic N) is 1. The van der Waals surface area contributed by atoms with Crippen LogP contribution in [0.5, 0.6) is 0 Å². The molecular weight excluding hydrogens is 168 g/mol. The van der Waals surface area contributed by atoms with Crippen molar-refractivity contribution < 1.29 is 9.90 Å². The van der Waals surface area contributed by atoms with Crippen LogP contribution >= 0.6 is 0 Å². The van der Waals surface area contributed by atoms with Crippen molar-refractivity contribution in [3.63, 3.8) is 0 Å². The number of rotatable bonds is 4. The van der Waals surface area contributed by atoms with E-state index < -0.39 is 0 Å². The molecule has 1 rings (SSSR count). The summed E-state index contributed by atoms with van der Waals surface area (Å²) >= 11 is 0. The van der Waals surface area contributed by atoms with Crippen molar-refractivity contribution in [2.75, 3.05) is 13.1 Å². The Kier molecular flexibility index (Phi) is 3.69. The lowest BCUT2D eigenvalue weighted by atomic mass is 10.1. The lowest BCUT2D eigenvalue weighted by molar-refractivity contribution is -0.142. The summed E-state index contributed by atoms with van der Waals surface area (Å²) in [6.45, 7) is 2.99. The van der Waals surface area contributed by atoms with Gasteiger partial charge in [-0.1, -0.05) is 19.8 Å². The van der Waals surface area contributed by atoms with Crippen molar-refractivity contribution in [1.82, 2.24) is 4.90 Å². The predicted octanol–water partition coefficient (Wildman–Crippen LogP) is -0.293. The number of carbonyl (C=O) groups is 1. The third-order valence-corrected chi connectivity index (χ3v) is 2.36. The summed E-state index contributed by atoms with van der Waals surface area (Å²) in [5.74, 6) is -0.0150. The van der Waals surface area contributed by atoms with Crippen molar-refractivity contribution in [3.8, 4) is 0 Å². The molecule has 1 aliphatic heterocycles. The number of nitrogens with two attached hydrogens (primary N) is 1. The van der Waals surface area contributed by atoms with E-state index in [4.69, 9.17) is 10.8 Å². The van der Waals surface area contributed by atoms with Crippen molar-refractivity contribution >= 4 is 5.91 Å². The van der Waals surface area contributed by atoms with Gasteiger partial charge in [0.15, 0.2) is 0 Å². The summed E-state index contributed by atoms with van der Waals surface area (Å²) in [5.41, 5.74) is 5.69. The molecule has 1 atom stereocenters. The van der Waals surface area contributed by atoms with Crippen molar-refractivity contribution in [1.29, 1.82) is 0 Å². The summed E-state index contributed by atoms with van der Waals surface area (Å²) in [7, 11) is 0. The molecule has 4 heteroatoms. The number of aliphatic hydroxyl groups is 1.